The number of phenolic OH excluding ortho intramolecular Hbond substituents is 1. The third-order valence-corrected chi connectivity index (χ3v) is 5.53. The molecule has 0 saturated heterocycles. The minimum absolute atomic E-state index is 0.0293. The molecular weight excluding hydrogens is 525 g/mol. The van der Waals surface area contributed by atoms with Gasteiger partial charge in [-0.1, -0.05) is 19.1 Å². The van der Waals surface area contributed by atoms with Gasteiger partial charge < -0.3 is 14.8 Å². The average Bonchev–Trinajstić information content (AvgIpc) is 3.18. The molecule has 3 aromatic carbocycles. The van der Waals surface area contributed by atoms with Crippen molar-refractivity contribution in [1.82, 2.24) is 10.3 Å². The van der Waals surface area contributed by atoms with E-state index in [0.29, 0.717) is 28.3 Å². The van der Waals surface area contributed by atoms with Crippen LogP contribution in [0.5, 0.6) is 5.75 Å². The van der Waals surface area contributed by atoms with E-state index in [-0.39, 0.29) is 16.8 Å². The van der Waals surface area contributed by atoms with Crippen LogP contribution >= 0.6 is 34.8 Å². The maximum atomic E-state index is 12.4. The standard InChI is InChI=1S/C23H18IN3O3S/c1-2-13-6-9-20-18(10-13)26-22(30-20)17-12-16(7-8-19(17)28)25-23(31)27-21(29)14-4-3-5-15(24)11-14/h3-12,28H,2H2,1H3,(H2,25,27,29,31). The zero-order valence-corrected chi connectivity index (χ0v) is 19.5. The highest BCUT2D eigenvalue weighted by molar-refractivity contribution is 14.1. The summed E-state index contributed by atoms with van der Waals surface area (Å²) in [4.78, 5) is 16.9. The van der Waals surface area contributed by atoms with Crippen LogP contribution in [0.3, 0.4) is 0 Å². The van der Waals surface area contributed by atoms with Gasteiger partial charge in [-0.25, -0.2) is 4.98 Å². The first-order valence-electron chi connectivity index (χ1n) is 9.53. The van der Waals surface area contributed by atoms with Crippen LogP contribution in [0.25, 0.3) is 22.6 Å². The molecule has 4 aromatic rings. The highest BCUT2D eigenvalue weighted by Crippen LogP contribution is 2.33. The van der Waals surface area contributed by atoms with E-state index in [1.165, 1.54) is 6.07 Å². The molecule has 156 valence electrons. The van der Waals surface area contributed by atoms with Gasteiger partial charge in [0.2, 0.25) is 5.89 Å². The number of oxazole rings is 1. The van der Waals surface area contributed by atoms with E-state index in [0.717, 1.165) is 21.1 Å². The van der Waals surface area contributed by atoms with E-state index >= 15 is 0 Å². The van der Waals surface area contributed by atoms with Gasteiger partial charge in [0.05, 0.1) is 5.56 Å². The number of amides is 1. The fraction of sp³-hybridized carbons (Fsp3) is 0.0870. The number of nitrogens with zero attached hydrogens (tertiary/aromatic N) is 1. The first-order valence-corrected chi connectivity index (χ1v) is 11.0. The van der Waals surface area contributed by atoms with E-state index in [4.69, 9.17) is 16.6 Å². The van der Waals surface area contributed by atoms with Crippen LogP contribution in [0.1, 0.15) is 22.8 Å². The number of aryl methyl sites for hydroxylation is 1. The molecule has 0 aliphatic rings. The van der Waals surface area contributed by atoms with Crippen molar-refractivity contribution in [2.45, 2.75) is 13.3 Å². The van der Waals surface area contributed by atoms with Crippen LogP contribution in [-0.2, 0) is 6.42 Å². The average molecular weight is 543 g/mol. The number of anilines is 1. The third kappa shape index (κ3) is 4.86. The monoisotopic (exact) mass is 543 g/mol. The van der Waals surface area contributed by atoms with Crippen LogP contribution < -0.4 is 10.6 Å². The van der Waals surface area contributed by atoms with Crippen molar-refractivity contribution in [2.24, 2.45) is 0 Å². The lowest BCUT2D eigenvalue weighted by atomic mass is 10.1. The second-order valence-electron chi connectivity index (χ2n) is 6.83. The summed E-state index contributed by atoms with van der Waals surface area (Å²) >= 11 is 7.42. The Morgan fingerprint density at radius 3 is 2.77 bits per heavy atom. The van der Waals surface area contributed by atoms with Gasteiger partial charge >= 0.3 is 0 Å². The number of benzene rings is 3. The number of thiocarbonyl (C=S) groups is 1. The topological polar surface area (TPSA) is 87.4 Å². The van der Waals surface area contributed by atoms with Crippen LogP contribution in [0.4, 0.5) is 5.69 Å². The van der Waals surface area contributed by atoms with Gasteiger partial charge in [0.15, 0.2) is 10.7 Å². The molecule has 4 rings (SSSR count). The van der Waals surface area contributed by atoms with E-state index in [2.05, 4.69) is 45.1 Å². The summed E-state index contributed by atoms with van der Waals surface area (Å²) in [5.41, 5.74) is 4.04. The molecule has 0 spiro atoms. The van der Waals surface area contributed by atoms with Gasteiger partial charge in [0.25, 0.3) is 5.91 Å². The van der Waals surface area contributed by atoms with Gasteiger partial charge in [0, 0.05) is 14.8 Å². The summed E-state index contributed by atoms with van der Waals surface area (Å²) in [6.07, 6.45) is 0.897. The molecule has 0 aliphatic heterocycles. The van der Waals surface area contributed by atoms with Crippen LogP contribution in [0.15, 0.2) is 65.1 Å². The normalized spacial score (nSPS) is 10.8. The predicted molar refractivity (Wildman–Crippen MR) is 133 cm³/mol. The predicted octanol–water partition coefficient (Wildman–Crippen LogP) is 5.49. The lowest BCUT2D eigenvalue weighted by Gasteiger charge is -2.11. The molecule has 1 aromatic heterocycles. The van der Waals surface area contributed by atoms with Crippen LogP contribution in [0, 0.1) is 3.57 Å². The fourth-order valence-electron chi connectivity index (χ4n) is 3.06. The van der Waals surface area contributed by atoms with E-state index in [1.54, 1.807) is 24.3 Å². The molecular formula is C23H18IN3O3S. The van der Waals surface area contributed by atoms with E-state index in [1.807, 2.05) is 30.3 Å². The fourth-order valence-corrected chi connectivity index (χ4v) is 3.81. The van der Waals surface area contributed by atoms with Crippen LogP contribution in [0.2, 0.25) is 0 Å². The Morgan fingerprint density at radius 1 is 1.16 bits per heavy atom. The van der Waals surface area contributed by atoms with E-state index in [9.17, 15) is 9.90 Å². The lowest BCUT2D eigenvalue weighted by molar-refractivity contribution is 0.0977. The summed E-state index contributed by atoms with van der Waals surface area (Å²) < 4.78 is 6.78. The Balaban J connectivity index is 1.54. The molecule has 0 unspecified atom stereocenters. The molecule has 8 heteroatoms. The molecule has 0 radical (unpaired) electrons. The number of aromatic hydroxyl groups is 1. The number of phenols is 1. The van der Waals surface area contributed by atoms with Gasteiger partial charge in [0.1, 0.15) is 11.3 Å². The molecule has 31 heavy (non-hydrogen) atoms. The summed E-state index contributed by atoms with van der Waals surface area (Å²) in [6.45, 7) is 2.07. The third-order valence-electron chi connectivity index (χ3n) is 4.66. The molecule has 0 atom stereocenters. The maximum absolute atomic E-state index is 12.4. The molecule has 0 fully saturated rings. The molecule has 6 nitrogen and oxygen atoms in total. The second kappa shape index (κ2) is 9.03. The Hall–Kier alpha value is -2.98. The molecule has 0 saturated carbocycles. The highest BCUT2D eigenvalue weighted by atomic mass is 127. The van der Waals surface area contributed by atoms with Crippen molar-refractivity contribution >= 4 is 62.6 Å². The molecule has 0 aliphatic carbocycles. The minimum atomic E-state index is -0.305. The molecule has 0 bridgehead atoms. The number of hydrogen-bond acceptors (Lipinski definition) is 5. The van der Waals surface area contributed by atoms with Crippen molar-refractivity contribution in [3.8, 4) is 17.2 Å². The summed E-state index contributed by atoms with van der Waals surface area (Å²) in [6, 6.07) is 17.9. The zero-order chi connectivity index (χ0) is 22.0. The Kier molecular flexibility index (Phi) is 6.19. The second-order valence-corrected chi connectivity index (χ2v) is 8.48. The Bertz CT molecular complexity index is 1300. The van der Waals surface area contributed by atoms with Crippen molar-refractivity contribution in [3.63, 3.8) is 0 Å². The van der Waals surface area contributed by atoms with Crippen molar-refractivity contribution < 1.29 is 14.3 Å². The largest absolute Gasteiger partial charge is 0.507 e. The number of carbonyl (C=O) groups excluding carboxylic acids is 1. The lowest BCUT2D eigenvalue weighted by Crippen LogP contribution is -2.34. The number of fused-ring (bicyclic) bond motifs is 1. The molecule has 3 N–H and O–H groups in total. The number of nitrogens with one attached hydrogen (secondary N) is 2. The Morgan fingerprint density at radius 2 is 2.00 bits per heavy atom. The number of carbonyl (C=O) groups is 1. The zero-order valence-electron chi connectivity index (χ0n) is 16.5. The Labute approximate surface area is 197 Å². The van der Waals surface area contributed by atoms with E-state index < -0.39 is 0 Å². The molecule has 1 heterocycles. The van der Waals surface area contributed by atoms with Crippen molar-refractivity contribution in [3.05, 3.63) is 75.4 Å². The maximum Gasteiger partial charge on any atom is 0.257 e. The highest BCUT2D eigenvalue weighted by Gasteiger charge is 2.15. The summed E-state index contributed by atoms with van der Waals surface area (Å²) in [5.74, 6) is 0.0283. The van der Waals surface area contributed by atoms with Crippen molar-refractivity contribution in [1.29, 1.82) is 0 Å². The smallest absolute Gasteiger partial charge is 0.257 e. The number of hydrogen-bond donors (Lipinski definition) is 3. The number of halogens is 1. The first kappa shape index (κ1) is 21.3. The van der Waals surface area contributed by atoms with Gasteiger partial charge in [-0.15, -0.1) is 0 Å². The first-order chi connectivity index (χ1) is 14.9. The van der Waals surface area contributed by atoms with Crippen molar-refractivity contribution in [2.75, 3.05) is 5.32 Å². The SMILES string of the molecule is CCc1ccc2oc(-c3cc(NC(=S)NC(=O)c4cccc(I)c4)ccc3O)nc2c1. The van der Waals surface area contributed by atoms with Crippen LogP contribution in [-0.4, -0.2) is 21.1 Å². The van der Waals surface area contributed by atoms with Gasteiger partial charge in [-0.05, 0) is 95.3 Å². The minimum Gasteiger partial charge on any atom is -0.507 e. The summed E-state index contributed by atoms with van der Waals surface area (Å²) in [5, 5.41) is 16.1. The summed E-state index contributed by atoms with van der Waals surface area (Å²) in [7, 11) is 0. The number of aromatic nitrogens is 1. The quantitative estimate of drug-likeness (QED) is 0.179. The number of rotatable bonds is 4. The molecule has 1 amide bonds. The van der Waals surface area contributed by atoms with Gasteiger partial charge in [-0.3, -0.25) is 10.1 Å². The van der Waals surface area contributed by atoms with Gasteiger partial charge in [-0.2, -0.15) is 0 Å².